The maximum atomic E-state index is 12.3. The number of para-hydroxylation sites is 2. The molecule has 1 heterocycles. The molecule has 3 rings (SSSR count). The first-order chi connectivity index (χ1) is 9.72. The molecule has 0 atom stereocenters. The molecule has 0 bridgehead atoms. The van der Waals surface area contributed by atoms with Crippen LogP contribution < -0.4 is 5.32 Å². The number of nitrogens with one attached hydrogen (secondary N) is 1. The van der Waals surface area contributed by atoms with Gasteiger partial charge in [-0.15, -0.1) is 0 Å². The molecule has 0 saturated heterocycles. The van der Waals surface area contributed by atoms with Gasteiger partial charge in [-0.2, -0.15) is 0 Å². The monoisotopic (exact) mass is 271 g/mol. The van der Waals surface area contributed by atoms with Crippen LogP contribution in [0.4, 0.5) is 0 Å². The number of rotatable bonds is 3. The van der Waals surface area contributed by atoms with Gasteiger partial charge >= 0.3 is 0 Å². The van der Waals surface area contributed by atoms with Crippen LogP contribution in [0.5, 0.6) is 0 Å². The number of hydrogen-bond acceptors (Lipinski definition) is 4. The van der Waals surface area contributed by atoms with Crippen molar-refractivity contribution in [1.82, 2.24) is 15.3 Å². The van der Waals surface area contributed by atoms with Crippen LogP contribution in [0.1, 0.15) is 36.2 Å². The zero-order chi connectivity index (χ0) is 14.0. The number of aliphatic hydroxyl groups excluding tert-OH is 1. The van der Waals surface area contributed by atoms with Gasteiger partial charge in [0, 0.05) is 0 Å². The van der Waals surface area contributed by atoms with Gasteiger partial charge in [-0.3, -0.25) is 9.78 Å². The highest BCUT2D eigenvalue weighted by Crippen LogP contribution is 2.29. The fourth-order valence-corrected chi connectivity index (χ4v) is 2.75. The molecule has 20 heavy (non-hydrogen) atoms. The Morgan fingerprint density at radius 1 is 1.25 bits per heavy atom. The summed E-state index contributed by atoms with van der Waals surface area (Å²) in [5.74, 6) is -0.265. The minimum absolute atomic E-state index is 0.0280. The van der Waals surface area contributed by atoms with E-state index >= 15 is 0 Å². The molecule has 1 aromatic heterocycles. The number of aromatic nitrogens is 2. The van der Waals surface area contributed by atoms with E-state index in [-0.39, 0.29) is 12.5 Å². The van der Waals surface area contributed by atoms with Gasteiger partial charge in [-0.1, -0.05) is 25.0 Å². The van der Waals surface area contributed by atoms with E-state index in [0.29, 0.717) is 11.2 Å². The van der Waals surface area contributed by atoms with Crippen molar-refractivity contribution in [2.45, 2.75) is 31.2 Å². The summed E-state index contributed by atoms with van der Waals surface area (Å²) in [6, 6.07) is 7.44. The molecule has 1 aliphatic carbocycles. The van der Waals surface area contributed by atoms with Crippen LogP contribution in [0.25, 0.3) is 11.0 Å². The Balaban J connectivity index is 1.85. The standard InChI is InChI=1S/C15H17N3O2/c19-10-15(7-3-4-8-15)18-14(20)13-9-16-11-5-1-2-6-12(11)17-13/h1-2,5-6,9,19H,3-4,7-8,10H2,(H,18,20). The molecule has 0 unspecified atom stereocenters. The largest absolute Gasteiger partial charge is 0.394 e. The van der Waals surface area contributed by atoms with Gasteiger partial charge in [0.25, 0.3) is 5.91 Å². The summed E-state index contributed by atoms with van der Waals surface area (Å²) in [5, 5.41) is 12.5. The fraction of sp³-hybridized carbons (Fsp3) is 0.400. The first-order valence-electron chi connectivity index (χ1n) is 6.88. The van der Waals surface area contributed by atoms with E-state index in [4.69, 9.17) is 0 Å². The Hall–Kier alpha value is -2.01. The lowest BCUT2D eigenvalue weighted by atomic mass is 9.99. The van der Waals surface area contributed by atoms with Gasteiger partial charge in [0.1, 0.15) is 5.69 Å². The minimum atomic E-state index is -0.482. The molecule has 1 amide bonds. The lowest BCUT2D eigenvalue weighted by molar-refractivity contribution is 0.0833. The predicted octanol–water partition coefficient (Wildman–Crippen LogP) is 1.66. The zero-order valence-corrected chi connectivity index (χ0v) is 11.2. The van der Waals surface area contributed by atoms with Crippen LogP contribution in [0.15, 0.2) is 30.5 Å². The fourth-order valence-electron chi connectivity index (χ4n) is 2.75. The first kappa shape index (κ1) is 13.0. The molecule has 104 valence electrons. The van der Waals surface area contributed by atoms with E-state index < -0.39 is 5.54 Å². The van der Waals surface area contributed by atoms with Crippen molar-refractivity contribution in [3.63, 3.8) is 0 Å². The molecule has 0 aliphatic heterocycles. The van der Waals surface area contributed by atoms with E-state index in [1.165, 1.54) is 6.20 Å². The van der Waals surface area contributed by atoms with Crippen molar-refractivity contribution < 1.29 is 9.90 Å². The van der Waals surface area contributed by atoms with E-state index in [1.54, 1.807) is 0 Å². The van der Waals surface area contributed by atoms with Gasteiger partial charge in [-0.25, -0.2) is 4.98 Å². The third kappa shape index (κ3) is 2.36. The molecule has 1 saturated carbocycles. The zero-order valence-electron chi connectivity index (χ0n) is 11.2. The number of benzene rings is 1. The molecule has 0 spiro atoms. The summed E-state index contributed by atoms with van der Waals surface area (Å²) < 4.78 is 0. The molecule has 1 fully saturated rings. The van der Waals surface area contributed by atoms with Crippen LogP contribution in [0.2, 0.25) is 0 Å². The molecule has 1 aromatic carbocycles. The third-order valence-electron chi connectivity index (χ3n) is 3.92. The average Bonchev–Trinajstić information content (AvgIpc) is 2.96. The van der Waals surface area contributed by atoms with Crippen LogP contribution >= 0.6 is 0 Å². The highest BCUT2D eigenvalue weighted by atomic mass is 16.3. The lowest BCUT2D eigenvalue weighted by Gasteiger charge is -2.27. The number of carbonyl (C=O) groups is 1. The van der Waals surface area contributed by atoms with E-state index in [0.717, 1.165) is 31.2 Å². The van der Waals surface area contributed by atoms with Crippen molar-refractivity contribution in [3.05, 3.63) is 36.2 Å². The number of amides is 1. The number of carbonyl (C=O) groups excluding carboxylic acids is 1. The van der Waals surface area contributed by atoms with E-state index in [1.807, 2.05) is 24.3 Å². The number of fused-ring (bicyclic) bond motifs is 1. The SMILES string of the molecule is O=C(NC1(CO)CCCC1)c1cnc2ccccc2n1. The van der Waals surface area contributed by atoms with Crippen molar-refractivity contribution in [3.8, 4) is 0 Å². The molecule has 2 aromatic rings. The molecule has 1 aliphatic rings. The second kappa shape index (κ2) is 5.17. The first-order valence-corrected chi connectivity index (χ1v) is 6.88. The number of hydrogen-bond donors (Lipinski definition) is 2. The normalized spacial score (nSPS) is 17.2. The summed E-state index contributed by atoms with van der Waals surface area (Å²) in [7, 11) is 0. The van der Waals surface area contributed by atoms with E-state index in [2.05, 4.69) is 15.3 Å². The van der Waals surface area contributed by atoms with Gasteiger partial charge in [0.2, 0.25) is 0 Å². The highest BCUT2D eigenvalue weighted by molar-refractivity contribution is 5.94. The maximum Gasteiger partial charge on any atom is 0.272 e. The maximum absolute atomic E-state index is 12.3. The van der Waals surface area contributed by atoms with Gasteiger partial charge < -0.3 is 10.4 Å². The van der Waals surface area contributed by atoms with Crippen molar-refractivity contribution in [2.24, 2.45) is 0 Å². The lowest BCUT2D eigenvalue weighted by Crippen LogP contribution is -2.49. The molecule has 0 radical (unpaired) electrons. The summed E-state index contributed by atoms with van der Waals surface area (Å²) in [6.45, 7) is -0.0280. The second-order valence-electron chi connectivity index (χ2n) is 5.34. The van der Waals surface area contributed by atoms with Crippen LogP contribution in [0, 0.1) is 0 Å². The molecular formula is C15H17N3O2. The number of nitrogens with zero attached hydrogens (tertiary/aromatic N) is 2. The van der Waals surface area contributed by atoms with Gasteiger partial charge in [-0.05, 0) is 25.0 Å². The average molecular weight is 271 g/mol. The molecule has 2 N–H and O–H groups in total. The smallest absolute Gasteiger partial charge is 0.272 e. The Bertz CT molecular complexity index is 636. The molecule has 5 nitrogen and oxygen atoms in total. The van der Waals surface area contributed by atoms with Crippen molar-refractivity contribution >= 4 is 16.9 Å². The Morgan fingerprint density at radius 3 is 2.65 bits per heavy atom. The van der Waals surface area contributed by atoms with Crippen molar-refractivity contribution in [2.75, 3.05) is 6.61 Å². The number of aliphatic hydroxyl groups is 1. The second-order valence-corrected chi connectivity index (χ2v) is 5.34. The van der Waals surface area contributed by atoms with Crippen molar-refractivity contribution in [1.29, 1.82) is 0 Å². The highest BCUT2D eigenvalue weighted by Gasteiger charge is 2.35. The quantitative estimate of drug-likeness (QED) is 0.890. The topological polar surface area (TPSA) is 75.1 Å². The molecular weight excluding hydrogens is 254 g/mol. The summed E-state index contributed by atoms with van der Waals surface area (Å²) in [6.07, 6.45) is 5.18. The Kier molecular flexibility index (Phi) is 3.36. The minimum Gasteiger partial charge on any atom is -0.394 e. The van der Waals surface area contributed by atoms with Gasteiger partial charge in [0.15, 0.2) is 0 Å². The van der Waals surface area contributed by atoms with Crippen LogP contribution in [-0.4, -0.2) is 33.1 Å². The predicted molar refractivity (Wildman–Crippen MR) is 75.3 cm³/mol. The summed E-state index contributed by atoms with van der Waals surface area (Å²) in [5.41, 5.74) is 1.28. The van der Waals surface area contributed by atoms with Gasteiger partial charge in [0.05, 0.1) is 29.4 Å². The van der Waals surface area contributed by atoms with Crippen LogP contribution in [-0.2, 0) is 0 Å². The molecule has 5 heteroatoms. The Labute approximate surface area is 117 Å². The van der Waals surface area contributed by atoms with Crippen LogP contribution in [0.3, 0.4) is 0 Å². The Morgan fingerprint density at radius 2 is 1.95 bits per heavy atom. The summed E-state index contributed by atoms with van der Waals surface area (Å²) >= 11 is 0. The van der Waals surface area contributed by atoms with E-state index in [9.17, 15) is 9.90 Å². The third-order valence-corrected chi connectivity index (χ3v) is 3.92. The summed E-state index contributed by atoms with van der Waals surface area (Å²) in [4.78, 5) is 20.8.